The van der Waals surface area contributed by atoms with E-state index in [9.17, 15) is 13.6 Å². The zero-order valence-electron chi connectivity index (χ0n) is 19.0. The standard InChI is InChI=1S/C25H25F2N5O2/c1-25(27)8-5-18(6-9-25)32-23-20(14-29-32)24(33)31-21(30-23)11-15-3-4-17(26)13-19(15)16-7-10-28-22(12-16)34-2/h3-4,7,10,12-14,18H,5-6,8-9,11H2,1-2H3,(H,30,31,33). The minimum atomic E-state index is -1.16. The molecule has 1 aliphatic carbocycles. The topological polar surface area (TPSA) is 85.7 Å². The van der Waals surface area contributed by atoms with Crippen LogP contribution in [-0.4, -0.2) is 37.5 Å². The first-order chi connectivity index (χ1) is 16.3. The Hall–Kier alpha value is -3.62. The smallest absolute Gasteiger partial charge is 0.262 e. The number of pyridine rings is 1. The molecule has 9 heteroatoms. The second kappa shape index (κ2) is 8.62. The van der Waals surface area contributed by atoms with Crippen molar-refractivity contribution in [3.63, 3.8) is 0 Å². The molecule has 0 saturated heterocycles. The summed E-state index contributed by atoms with van der Waals surface area (Å²) in [6.07, 6.45) is 5.57. The molecule has 34 heavy (non-hydrogen) atoms. The van der Waals surface area contributed by atoms with Gasteiger partial charge in [0.2, 0.25) is 5.88 Å². The van der Waals surface area contributed by atoms with E-state index in [1.807, 2.05) is 0 Å². The van der Waals surface area contributed by atoms with Gasteiger partial charge in [-0.15, -0.1) is 0 Å². The lowest BCUT2D eigenvalue weighted by Crippen LogP contribution is -2.28. The van der Waals surface area contributed by atoms with Crippen molar-refractivity contribution in [2.24, 2.45) is 0 Å². The summed E-state index contributed by atoms with van der Waals surface area (Å²) in [7, 11) is 1.52. The summed E-state index contributed by atoms with van der Waals surface area (Å²) >= 11 is 0. The number of fused-ring (bicyclic) bond motifs is 1. The van der Waals surface area contributed by atoms with Crippen molar-refractivity contribution in [2.45, 2.75) is 50.7 Å². The normalized spacial score (nSPS) is 20.5. The highest BCUT2D eigenvalue weighted by Gasteiger charge is 2.32. The number of hydrogen-bond donors (Lipinski definition) is 1. The Morgan fingerprint density at radius 3 is 2.79 bits per heavy atom. The number of methoxy groups -OCH3 is 1. The molecule has 0 aliphatic heterocycles. The number of halogens is 2. The molecule has 3 aromatic heterocycles. The Morgan fingerprint density at radius 2 is 2.03 bits per heavy atom. The molecule has 4 aromatic rings. The van der Waals surface area contributed by atoms with Crippen LogP contribution >= 0.6 is 0 Å². The Balaban J connectivity index is 1.52. The summed E-state index contributed by atoms with van der Waals surface area (Å²) in [5.74, 6) is 0.488. The van der Waals surface area contributed by atoms with Crippen molar-refractivity contribution in [1.29, 1.82) is 0 Å². The molecule has 1 N–H and O–H groups in total. The van der Waals surface area contributed by atoms with E-state index in [0.29, 0.717) is 54.0 Å². The van der Waals surface area contributed by atoms with Crippen LogP contribution in [0.5, 0.6) is 5.88 Å². The molecular formula is C25H25F2N5O2. The summed E-state index contributed by atoms with van der Waals surface area (Å²) in [5.41, 5.74) is 1.23. The van der Waals surface area contributed by atoms with Gasteiger partial charge in [-0.2, -0.15) is 5.10 Å². The zero-order valence-corrected chi connectivity index (χ0v) is 19.0. The SMILES string of the molecule is COc1cc(-c2cc(F)ccc2Cc2nc3c(cnn3C3CCC(C)(F)CC3)c(=O)[nH]2)ccn1. The lowest BCUT2D eigenvalue weighted by Gasteiger charge is -2.31. The van der Waals surface area contributed by atoms with Crippen LogP contribution in [0, 0.1) is 5.82 Å². The van der Waals surface area contributed by atoms with Gasteiger partial charge in [-0.05, 0) is 67.5 Å². The molecule has 0 radical (unpaired) electrons. The number of alkyl halides is 1. The fourth-order valence-corrected chi connectivity index (χ4v) is 4.62. The van der Waals surface area contributed by atoms with E-state index in [1.165, 1.54) is 25.4 Å². The predicted molar refractivity (Wildman–Crippen MR) is 124 cm³/mol. The predicted octanol–water partition coefficient (Wildman–Crippen LogP) is 4.76. The number of ether oxygens (including phenoxy) is 1. The Bertz CT molecular complexity index is 1400. The molecule has 3 heterocycles. The Kier molecular flexibility index (Phi) is 5.63. The summed E-state index contributed by atoms with van der Waals surface area (Å²) in [6.45, 7) is 1.63. The molecular weight excluding hydrogens is 440 g/mol. The van der Waals surface area contributed by atoms with Crippen LogP contribution < -0.4 is 10.3 Å². The second-order valence-electron chi connectivity index (χ2n) is 9.05. The van der Waals surface area contributed by atoms with Gasteiger partial charge in [-0.25, -0.2) is 23.4 Å². The van der Waals surface area contributed by atoms with Gasteiger partial charge >= 0.3 is 0 Å². The lowest BCUT2D eigenvalue weighted by molar-refractivity contribution is 0.103. The summed E-state index contributed by atoms with van der Waals surface area (Å²) in [6, 6.07) is 8.01. The molecule has 7 nitrogen and oxygen atoms in total. The maximum absolute atomic E-state index is 14.3. The number of aromatic amines is 1. The highest BCUT2D eigenvalue weighted by Crippen LogP contribution is 2.37. The fraction of sp³-hybridized carbons (Fsp3) is 0.360. The van der Waals surface area contributed by atoms with Gasteiger partial charge in [0.15, 0.2) is 5.65 Å². The van der Waals surface area contributed by atoms with Crippen molar-refractivity contribution in [1.82, 2.24) is 24.7 Å². The van der Waals surface area contributed by atoms with E-state index < -0.39 is 5.67 Å². The number of H-pyrrole nitrogens is 1. The monoisotopic (exact) mass is 465 g/mol. The number of nitrogens with zero attached hydrogens (tertiary/aromatic N) is 4. The number of aromatic nitrogens is 5. The molecule has 1 fully saturated rings. The van der Waals surface area contributed by atoms with Crippen molar-refractivity contribution in [2.75, 3.05) is 7.11 Å². The number of rotatable bonds is 5. The summed E-state index contributed by atoms with van der Waals surface area (Å²) in [5, 5.41) is 4.81. The number of nitrogens with one attached hydrogen (secondary N) is 1. The first-order valence-corrected chi connectivity index (χ1v) is 11.3. The highest BCUT2D eigenvalue weighted by atomic mass is 19.1. The van der Waals surface area contributed by atoms with Gasteiger partial charge in [0.1, 0.15) is 22.7 Å². The van der Waals surface area contributed by atoms with Gasteiger partial charge in [-0.3, -0.25) is 4.79 Å². The Labute approximate surface area is 194 Å². The van der Waals surface area contributed by atoms with E-state index in [-0.39, 0.29) is 23.8 Å². The third-order valence-corrected chi connectivity index (χ3v) is 6.54. The zero-order chi connectivity index (χ0) is 23.9. The minimum Gasteiger partial charge on any atom is -0.481 e. The van der Waals surface area contributed by atoms with Crippen molar-refractivity contribution >= 4 is 11.0 Å². The van der Waals surface area contributed by atoms with Crippen LogP contribution in [0.4, 0.5) is 8.78 Å². The molecule has 0 bridgehead atoms. The molecule has 0 atom stereocenters. The lowest BCUT2D eigenvalue weighted by atomic mass is 9.85. The summed E-state index contributed by atoms with van der Waals surface area (Å²) < 4.78 is 35.4. The van der Waals surface area contributed by atoms with Gasteiger partial charge in [0.05, 0.1) is 19.3 Å². The van der Waals surface area contributed by atoms with Crippen molar-refractivity contribution in [3.8, 4) is 17.0 Å². The number of benzene rings is 1. The molecule has 1 aromatic carbocycles. The number of hydrogen-bond acceptors (Lipinski definition) is 5. The first-order valence-electron chi connectivity index (χ1n) is 11.3. The largest absolute Gasteiger partial charge is 0.481 e. The van der Waals surface area contributed by atoms with Crippen molar-refractivity contribution in [3.05, 3.63) is 70.3 Å². The average Bonchev–Trinajstić information content (AvgIpc) is 3.25. The van der Waals surface area contributed by atoms with Crippen molar-refractivity contribution < 1.29 is 13.5 Å². The quantitative estimate of drug-likeness (QED) is 0.459. The third-order valence-electron chi connectivity index (χ3n) is 6.54. The molecule has 5 rings (SSSR count). The van der Waals surface area contributed by atoms with Crippen LogP contribution in [0.25, 0.3) is 22.2 Å². The summed E-state index contributed by atoms with van der Waals surface area (Å²) in [4.78, 5) is 24.4. The molecule has 0 spiro atoms. The van der Waals surface area contributed by atoms with Gasteiger partial charge in [0.25, 0.3) is 5.56 Å². The second-order valence-corrected chi connectivity index (χ2v) is 9.05. The van der Waals surface area contributed by atoms with E-state index in [1.54, 1.807) is 36.0 Å². The average molecular weight is 466 g/mol. The maximum atomic E-state index is 14.3. The third kappa shape index (κ3) is 4.30. The molecule has 1 saturated carbocycles. The molecule has 176 valence electrons. The van der Waals surface area contributed by atoms with E-state index in [2.05, 4.69) is 15.1 Å². The van der Waals surface area contributed by atoms with Gasteiger partial charge in [-0.1, -0.05) is 6.07 Å². The van der Waals surface area contributed by atoms with E-state index >= 15 is 0 Å². The molecule has 1 aliphatic rings. The van der Waals surface area contributed by atoms with Crippen LogP contribution in [0.2, 0.25) is 0 Å². The molecule has 0 amide bonds. The first kappa shape index (κ1) is 22.2. The van der Waals surface area contributed by atoms with Crippen LogP contribution in [0.1, 0.15) is 50.0 Å². The molecule has 0 unspecified atom stereocenters. The van der Waals surface area contributed by atoms with E-state index in [0.717, 1.165) is 11.1 Å². The minimum absolute atomic E-state index is 0.00543. The van der Waals surface area contributed by atoms with E-state index in [4.69, 9.17) is 9.72 Å². The highest BCUT2D eigenvalue weighted by molar-refractivity contribution is 5.73. The Morgan fingerprint density at radius 1 is 1.24 bits per heavy atom. The van der Waals surface area contributed by atoms with Crippen LogP contribution in [0.15, 0.2) is 47.5 Å². The van der Waals surface area contributed by atoms with Gasteiger partial charge in [0, 0.05) is 18.7 Å². The van der Waals surface area contributed by atoms with Crippen LogP contribution in [0.3, 0.4) is 0 Å². The maximum Gasteiger partial charge on any atom is 0.262 e. The fourth-order valence-electron chi connectivity index (χ4n) is 4.62. The van der Waals surface area contributed by atoms with Crippen LogP contribution in [-0.2, 0) is 6.42 Å². The van der Waals surface area contributed by atoms with Gasteiger partial charge < -0.3 is 9.72 Å².